The van der Waals surface area contributed by atoms with Crippen LogP contribution in [0.3, 0.4) is 0 Å². The Morgan fingerprint density at radius 2 is 2.38 bits per heavy atom. The van der Waals surface area contributed by atoms with E-state index < -0.39 is 12.3 Å². The Morgan fingerprint density at radius 1 is 1.57 bits per heavy atom. The first-order valence-electron chi connectivity index (χ1n) is 7.14. The smallest absolute Gasteiger partial charge is 0.412 e. The first-order chi connectivity index (χ1) is 10.1. The molecule has 5 nitrogen and oxygen atoms in total. The Hall–Kier alpha value is -1.46. The number of cyclic esters (lactones) is 1. The van der Waals surface area contributed by atoms with Gasteiger partial charge in [0.15, 0.2) is 6.10 Å². The van der Waals surface area contributed by atoms with Gasteiger partial charge in [-0.1, -0.05) is 31.0 Å². The molecule has 1 fully saturated rings. The van der Waals surface area contributed by atoms with E-state index in [0.717, 1.165) is 12.8 Å². The Bertz CT molecular complexity index is 482. The fourth-order valence-corrected chi connectivity index (χ4v) is 2.34. The lowest BCUT2D eigenvalue weighted by atomic mass is 10.2. The molecule has 0 spiro atoms. The van der Waals surface area contributed by atoms with E-state index in [2.05, 4.69) is 0 Å². The van der Waals surface area contributed by atoms with E-state index >= 15 is 0 Å². The van der Waals surface area contributed by atoms with Crippen molar-refractivity contribution in [1.82, 2.24) is 4.90 Å². The second-order valence-corrected chi connectivity index (χ2v) is 5.49. The standard InChI is InChI=1S/C15H20ClNO4/c1-2-3-7-14(18)17-9-13(21-15(17)19)10-20-12-6-4-5-11(16)8-12/h4-6,8,13-14,18H,2-3,7,9-10H2,1H3. The van der Waals surface area contributed by atoms with E-state index in [-0.39, 0.29) is 12.7 Å². The van der Waals surface area contributed by atoms with Gasteiger partial charge in [-0.15, -0.1) is 0 Å². The Balaban J connectivity index is 1.82. The van der Waals surface area contributed by atoms with Gasteiger partial charge in [0.05, 0.1) is 6.54 Å². The van der Waals surface area contributed by atoms with Crippen molar-refractivity contribution in [3.63, 3.8) is 0 Å². The molecule has 0 radical (unpaired) electrons. The second-order valence-electron chi connectivity index (χ2n) is 5.05. The van der Waals surface area contributed by atoms with Crippen LogP contribution in [0.5, 0.6) is 5.75 Å². The number of amides is 1. The fourth-order valence-electron chi connectivity index (χ4n) is 2.16. The summed E-state index contributed by atoms with van der Waals surface area (Å²) in [6, 6.07) is 7.04. The maximum absolute atomic E-state index is 11.7. The highest BCUT2D eigenvalue weighted by Crippen LogP contribution is 2.20. The Kier molecular flexibility index (Phi) is 5.70. The number of benzene rings is 1. The van der Waals surface area contributed by atoms with Crippen molar-refractivity contribution in [2.24, 2.45) is 0 Å². The minimum atomic E-state index is -0.784. The minimum Gasteiger partial charge on any atom is -0.490 e. The van der Waals surface area contributed by atoms with Crippen LogP contribution in [0.4, 0.5) is 4.79 Å². The molecular formula is C15H20ClNO4. The van der Waals surface area contributed by atoms with Gasteiger partial charge in [0.2, 0.25) is 0 Å². The molecule has 1 aliphatic heterocycles. The van der Waals surface area contributed by atoms with Gasteiger partial charge in [0, 0.05) is 5.02 Å². The molecule has 116 valence electrons. The van der Waals surface area contributed by atoms with Crippen LogP contribution in [0.2, 0.25) is 5.02 Å². The third-order valence-corrected chi connectivity index (χ3v) is 3.55. The summed E-state index contributed by atoms with van der Waals surface area (Å²) in [5.41, 5.74) is 0. The summed E-state index contributed by atoms with van der Waals surface area (Å²) in [7, 11) is 0. The van der Waals surface area contributed by atoms with Crippen molar-refractivity contribution in [3.05, 3.63) is 29.3 Å². The van der Waals surface area contributed by atoms with E-state index in [1.54, 1.807) is 24.3 Å². The monoisotopic (exact) mass is 313 g/mol. The molecule has 2 rings (SSSR count). The molecular weight excluding hydrogens is 294 g/mol. The van der Waals surface area contributed by atoms with Crippen LogP contribution in [0.1, 0.15) is 26.2 Å². The van der Waals surface area contributed by atoms with E-state index in [4.69, 9.17) is 21.1 Å². The van der Waals surface area contributed by atoms with Gasteiger partial charge >= 0.3 is 6.09 Å². The predicted octanol–water partition coefficient (Wildman–Crippen LogP) is 3.05. The highest BCUT2D eigenvalue weighted by molar-refractivity contribution is 6.30. The molecule has 21 heavy (non-hydrogen) atoms. The summed E-state index contributed by atoms with van der Waals surface area (Å²) in [4.78, 5) is 13.1. The van der Waals surface area contributed by atoms with Crippen LogP contribution in [0.25, 0.3) is 0 Å². The van der Waals surface area contributed by atoms with Gasteiger partial charge in [-0.3, -0.25) is 4.90 Å². The Labute approximate surface area is 129 Å². The van der Waals surface area contributed by atoms with Crippen molar-refractivity contribution in [2.45, 2.75) is 38.5 Å². The van der Waals surface area contributed by atoms with Crippen molar-refractivity contribution in [1.29, 1.82) is 0 Å². The number of hydrogen-bond donors (Lipinski definition) is 1. The van der Waals surface area contributed by atoms with Crippen molar-refractivity contribution >= 4 is 17.7 Å². The predicted molar refractivity (Wildman–Crippen MR) is 79.5 cm³/mol. The molecule has 0 aliphatic carbocycles. The summed E-state index contributed by atoms with van der Waals surface area (Å²) < 4.78 is 10.8. The number of ether oxygens (including phenoxy) is 2. The van der Waals surface area contributed by atoms with Crippen LogP contribution in [0, 0.1) is 0 Å². The SMILES string of the molecule is CCCCC(O)N1CC(COc2cccc(Cl)c2)OC1=O. The zero-order valence-electron chi connectivity index (χ0n) is 12.0. The molecule has 1 amide bonds. The molecule has 2 atom stereocenters. The molecule has 1 aliphatic rings. The number of unbranched alkanes of at least 4 members (excludes halogenated alkanes) is 1. The van der Waals surface area contributed by atoms with Crippen LogP contribution in [-0.4, -0.2) is 41.6 Å². The molecule has 1 N–H and O–H groups in total. The van der Waals surface area contributed by atoms with Gasteiger partial charge in [-0.2, -0.15) is 0 Å². The molecule has 1 saturated heterocycles. The van der Waals surface area contributed by atoms with Gasteiger partial charge in [-0.05, 0) is 31.0 Å². The fraction of sp³-hybridized carbons (Fsp3) is 0.533. The molecule has 0 saturated carbocycles. The number of nitrogens with zero attached hydrogens (tertiary/aromatic N) is 1. The molecule has 2 unspecified atom stereocenters. The van der Waals surface area contributed by atoms with Crippen molar-refractivity contribution in [2.75, 3.05) is 13.2 Å². The third kappa shape index (κ3) is 4.51. The highest BCUT2D eigenvalue weighted by Gasteiger charge is 2.35. The van der Waals surface area contributed by atoms with Crippen LogP contribution in [-0.2, 0) is 4.74 Å². The van der Waals surface area contributed by atoms with Crippen molar-refractivity contribution < 1.29 is 19.4 Å². The first-order valence-corrected chi connectivity index (χ1v) is 7.51. The molecule has 0 bridgehead atoms. The highest BCUT2D eigenvalue weighted by atomic mass is 35.5. The zero-order valence-corrected chi connectivity index (χ0v) is 12.8. The number of aliphatic hydroxyl groups is 1. The maximum Gasteiger partial charge on any atom is 0.412 e. The maximum atomic E-state index is 11.7. The van der Waals surface area contributed by atoms with E-state index in [1.165, 1.54) is 4.90 Å². The summed E-state index contributed by atoms with van der Waals surface area (Å²) in [5, 5.41) is 10.5. The third-order valence-electron chi connectivity index (χ3n) is 3.31. The quantitative estimate of drug-likeness (QED) is 0.840. The van der Waals surface area contributed by atoms with Gasteiger partial charge in [0.1, 0.15) is 18.6 Å². The lowest BCUT2D eigenvalue weighted by molar-refractivity contribution is 0.0298. The average Bonchev–Trinajstić information content (AvgIpc) is 2.84. The molecule has 6 heteroatoms. The first kappa shape index (κ1) is 15.9. The molecule has 0 aromatic heterocycles. The number of carbonyl (C=O) groups is 1. The number of carbonyl (C=O) groups excluding carboxylic acids is 1. The van der Waals surface area contributed by atoms with Gasteiger partial charge in [-0.25, -0.2) is 4.79 Å². The summed E-state index contributed by atoms with van der Waals surface area (Å²) in [6.07, 6.45) is 0.753. The summed E-state index contributed by atoms with van der Waals surface area (Å²) in [5.74, 6) is 0.628. The number of aliphatic hydroxyl groups excluding tert-OH is 1. The van der Waals surface area contributed by atoms with Crippen molar-refractivity contribution in [3.8, 4) is 5.75 Å². The lowest BCUT2D eigenvalue weighted by Crippen LogP contribution is -2.36. The van der Waals surface area contributed by atoms with E-state index in [1.807, 2.05) is 6.92 Å². The lowest BCUT2D eigenvalue weighted by Gasteiger charge is -2.20. The topological polar surface area (TPSA) is 59.0 Å². The van der Waals surface area contributed by atoms with Crippen LogP contribution >= 0.6 is 11.6 Å². The molecule has 1 aromatic rings. The normalized spacial score (nSPS) is 19.5. The summed E-state index contributed by atoms with van der Waals surface area (Å²) >= 11 is 5.87. The van der Waals surface area contributed by atoms with E-state index in [9.17, 15) is 9.90 Å². The van der Waals surface area contributed by atoms with Crippen LogP contribution < -0.4 is 4.74 Å². The largest absolute Gasteiger partial charge is 0.490 e. The molecule has 1 heterocycles. The van der Waals surface area contributed by atoms with Gasteiger partial charge in [0.25, 0.3) is 0 Å². The minimum absolute atomic E-state index is 0.239. The summed E-state index contributed by atoms with van der Waals surface area (Å²) in [6.45, 7) is 2.62. The van der Waals surface area contributed by atoms with Crippen LogP contribution in [0.15, 0.2) is 24.3 Å². The van der Waals surface area contributed by atoms with Gasteiger partial charge < -0.3 is 14.6 Å². The average molecular weight is 314 g/mol. The molecule has 1 aromatic carbocycles. The zero-order chi connectivity index (χ0) is 15.2. The van der Waals surface area contributed by atoms with E-state index in [0.29, 0.717) is 23.7 Å². The number of hydrogen-bond acceptors (Lipinski definition) is 4. The number of halogens is 1. The second kappa shape index (κ2) is 7.52. The number of rotatable bonds is 7. The Morgan fingerprint density at radius 3 is 3.10 bits per heavy atom.